The minimum atomic E-state index is -4.46. The Kier molecular flexibility index (Phi) is 3.27. The first-order valence-electron chi connectivity index (χ1n) is 1.58. The zero-order chi connectivity index (χ0) is 7.49. The van der Waals surface area contributed by atoms with Gasteiger partial charge >= 0.3 is 10.4 Å². The van der Waals surface area contributed by atoms with Gasteiger partial charge in [-0.2, -0.15) is 8.42 Å². The Morgan fingerprint density at radius 2 is 2.00 bits per heavy atom. The van der Waals surface area contributed by atoms with Crippen molar-refractivity contribution in [1.29, 1.82) is 0 Å². The maximum Gasteiger partial charge on any atom is 0.445 e. The van der Waals surface area contributed by atoms with Gasteiger partial charge in [0.15, 0.2) is 0 Å². The van der Waals surface area contributed by atoms with Crippen molar-refractivity contribution in [2.45, 2.75) is 0 Å². The maximum atomic E-state index is 9.71. The Bertz CT molecular complexity index is 201. The van der Waals surface area contributed by atoms with Gasteiger partial charge in [-0.3, -0.25) is 4.55 Å². The largest absolute Gasteiger partial charge is 0.445 e. The van der Waals surface area contributed by atoms with Crippen molar-refractivity contribution in [3.05, 3.63) is 10.8 Å². The summed E-state index contributed by atoms with van der Waals surface area (Å²) in [4.78, 5) is 0. The highest BCUT2D eigenvalue weighted by atomic mass is 35.5. The third-order valence-electron chi connectivity index (χ3n) is 0.259. The lowest BCUT2D eigenvalue weighted by molar-refractivity contribution is 0.356. The summed E-state index contributed by atoms with van der Waals surface area (Å²) in [5.41, 5.74) is 0. The fraction of sp³-hybridized carbons (Fsp3) is 0. The number of hydrogen-bond acceptors (Lipinski definition) is 3. The van der Waals surface area contributed by atoms with E-state index in [-0.39, 0.29) is 0 Å². The summed E-state index contributed by atoms with van der Waals surface area (Å²) in [6.07, 6.45) is 0.485. The first-order valence-corrected chi connectivity index (χ1v) is 3.71. The molecule has 0 spiro atoms. The molecule has 0 aliphatic carbocycles. The summed E-state index contributed by atoms with van der Waals surface area (Å²) in [6, 6.07) is 0. The van der Waals surface area contributed by atoms with Crippen LogP contribution < -0.4 is 0 Å². The van der Waals surface area contributed by atoms with Crippen LogP contribution in [0.25, 0.3) is 0 Å². The van der Waals surface area contributed by atoms with E-state index in [9.17, 15) is 8.42 Å². The molecule has 0 rings (SSSR count). The molecule has 0 bridgehead atoms. The molecule has 1 N–H and O–H groups in total. The van der Waals surface area contributed by atoms with Crippen LogP contribution in [0.4, 0.5) is 0 Å². The summed E-state index contributed by atoms with van der Waals surface area (Å²) < 4.78 is 30.5. The fourth-order valence-electron chi connectivity index (χ4n) is 0.0972. The second kappa shape index (κ2) is 3.26. The third kappa shape index (κ3) is 8.03. The molecule has 0 saturated heterocycles. The maximum absolute atomic E-state index is 9.71. The Hall–Kier alpha value is 0.0300. The van der Waals surface area contributed by atoms with Gasteiger partial charge in [0, 0.05) is 0 Å². The van der Waals surface area contributed by atoms with Gasteiger partial charge < -0.3 is 4.18 Å². The first-order chi connectivity index (χ1) is 3.92. The predicted molar refractivity (Wildman–Crippen MR) is 32.4 cm³/mol. The molecule has 0 aliphatic rings. The molecule has 0 radical (unpaired) electrons. The van der Waals surface area contributed by atoms with Gasteiger partial charge in [0.05, 0.1) is 0 Å². The van der Waals surface area contributed by atoms with Crippen LogP contribution in [0, 0.1) is 0 Å². The molecule has 9 heavy (non-hydrogen) atoms. The molecule has 0 aromatic carbocycles. The summed E-state index contributed by atoms with van der Waals surface area (Å²) in [7, 11) is -4.46. The van der Waals surface area contributed by atoms with Crippen molar-refractivity contribution in [2.24, 2.45) is 0 Å². The predicted octanol–water partition coefficient (Wildman–Crippen LogP) is 1.08. The van der Waals surface area contributed by atoms with Crippen LogP contribution in [0.1, 0.15) is 0 Å². The van der Waals surface area contributed by atoms with Gasteiger partial charge in [0.25, 0.3) is 0 Å². The first kappa shape index (κ1) is 9.03. The van der Waals surface area contributed by atoms with Crippen LogP contribution in [0.5, 0.6) is 0 Å². The molecule has 0 heterocycles. The monoisotopic (exact) mass is 192 g/mol. The summed E-state index contributed by atoms with van der Waals surface area (Å²) in [5, 5.41) is 0. The zero-order valence-electron chi connectivity index (χ0n) is 3.91. The quantitative estimate of drug-likeness (QED) is 0.526. The molecule has 7 heteroatoms. The Labute approximate surface area is 62.0 Å². The Morgan fingerprint density at radius 3 is 2.11 bits per heavy atom. The van der Waals surface area contributed by atoms with Crippen LogP contribution in [-0.2, 0) is 14.6 Å². The number of halogens is 2. The van der Waals surface area contributed by atoms with Crippen molar-refractivity contribution < 1.29 is 17.2 Å². The smallest absolute Gasteiger partial charge is 0.367 e. The fourth-order valence-corrected chi connectivity index (χ4v) is 0.510. The van der Waals surface area contributed by atoms with Crippen molar-refractivity contribution in [3.8, 4) is 0 Å². The molecular formula is C2H2Cl2O4S. The number of hydrogen-bond donors (Lipinski definition) is 1. The van der Waals surface area contributed by atoms with Crippen molar-refractivity contribution >= 4 is 33.6 Å². The van der Waals surface area contributed by atoms with Crippen LogP contribution in [0.3, 0.4) is 0 Å². The highest BCUT2D eigenvalue weighted by Gasteiger charge is 1.99. The molecule has 0 aromatic heterocycles. The summed E-state index contributed by atoms with van der Waals surface area (Å²) in [6.45, 7) is 0. The lowest BCUT2D eigenvalue weighted by Crippen LogP contribution is -1.96. The van der Waals surface area contributed by atoms with Gasteiger partial charge in [-0.05, 0) is 0 Å². The molecule has 0 aliphatic heterocycles. The van der Waals surface area contributed by atoms with Gasteiger partial charge in [-0.25, -0.2) is 0 Å². The van der Waals surface area contributed by atoms with Gasteiger partial charge in [-0.1, -0.05) is 23.2 Å². The van der Waals surface area contributed by atoms with E-state index in [2.05, 4.69) is 4.18 Å². The number of rotatable bonds is 2. The molecule has 0 unspecified atom stereocenters. The average Bonchev–Trinajstić information content (AvgIpc) is 1.59. The normalized spacial score (nSPS) is 10.6. The van der Waals surface area contributed by atoms with E-state index in [4.69, 9.17) is 27.8 Å². The summed E-state index contributed by atoms with van der Waals surface area (Å²) >= 11 is 9.82. The van der Waals surface area contributed by atoms with Gasteiger partial charge in [0.2, 0.25) is 0 Å². The van der Waals surface area contributed by atoms with E-state index in [1.807, 2.05) is 0 Å². The molecule has 0 aromatic rings. The lowest BCUT2D eigenvalue weighted by Gasteiger charge is -1.89. The van der Waals surface area contributed by atoms with Gasteiger partial charge in [0.1, 0.15) is 10.8 Å². The molecule has 0 atom stereocenters. The van der Waals surface area contributed by atoms with Crippen LogP contribution in [0.2, 0.25) is 0 Å². The molecule has 4 nitrogen and oxygen atoms in total. The Morgan fingerprint density at radius 1 is 1.56 bits per heavy atom. The zero-order valence-corrected chi connectivity index (χ0v) is 6.24. The van der Waals surface area contributed by atoms with E-state index in [0.29, 0.717) is 6.26 Å². The van der Waals surface area contributed by atoms with E-state index < -0.39 is 14.9 Å². The van der Waals surface area contributed by atoms with Crippen molar-refractivity contribution in [2.75, 3.05) is 0 Å². The molecular weight excluding hydrogens is 191 g/mol. The van der Waals surface area contributed by atoms with Gasteiger partial charge in [-0.15, -0.1) is 0 Å². The lowest BCUT2D eigenvalue weighted by atomic mass is 11.2. The molecule has 0 saturated carbocycles. The molecule has 54 valence electrons. The van der Waals surface area contributed by atoms with E-state index >= 15 is 0 Å². The third-order valence-corrected chi connectivity index (χ3v) is 0.776. The van der Waals surface area contributed by atoms with Crippen LogP contribution >= 0.6 is 23.2 Å². The van der Waals surface area contributed by atoms with Crippen molar-refractivity contribution in [1.82, 2.24) is 0 Å². The minimum absolute atomic E-state index is 0.396. The Balaban J connectivity index is 3.95. The standard InChI is InChI=1S/C2H2Cl2O4S/c3-2(4)1-8-9(5,6)7/h1H,(H,5,6,7). The second-order valence-electron chi connectivity index (χ2n) is 0.931. The van der Waals surface area contributed by atoms with E-state index in [1.54, 1.807) is 0 Å². The SMILES string of the molecule is O=S(=O)(O)OC=C(Cl)Cl. The van der Waals surface area contributed by atoms with Crippen LogP contribution in [-0.4, -0.2) is 13.0 Å². The van der Waals surface area contributed by atoms with E-state index in [0.717, 1.165) is 0 Å². The average molecular weight is 193 g/mol. The minimum Gasteiger partial charge on any atom is -0.367 e. The summed E-state index contributed by atoms with van der Waals surface area (Å²) in [5.74, 6) is 0. The van der Waals surface area contributed by atoms with E-state index in [1.165, 1.54) is 0 Å². The van der Waals surface area contributed by atoms with Crippen molar-refractivity contribution in [3.63, 3.8) is 0 Å². The highest BCUT2D eigenvalue weighted by Crippen LogP contribution is 2.06. The highest BCUT2D eigenvalue weighted by molar-refractivity contribution is 7.81. The second-order valence-corrected chi connectivity index (χ2v) is 2.99. The molecule has 0 fully saturated rings. The topological polar surface area (TPSA) is 63.6 Å². The van der Waals surface area contributed by atoms with Crippen LogP contribution in [0.15, 0.2) is 10.8 Å². The molecule has 0 amide bonds.